The Morgan fingerprint density at radius 1 is 1.43 bits per heavy atom. The first-order valence-electron chi connectivity index (χ1n) is 6.45. The first kappa shape index (κ1) is 17.6. The van der Waals surface area contributed by atoms with E-state index >= 15 is 0 Å². The maximum atomic E-state index is 13.0. The number of benzene rings is 1. The smallest absolute Gasteiger partial charge is 0.382 e. The van der Waals surface area contributed by atoms with Crippen molar-refractivity contribution in [1.29, 1.82) is 0 Å². The molecule has 1 unspecified atom stereocenters. The normalized spacial score (nSPS) is 13.0. The summed E-state index contributed by atoms with van der Waals surface area (Å²) in [5, 5.41) is 13.4. The lowest BCUT2D eigenvalue weighted by Crippen LogP contribution is -2.19. The van der Waals surface area contributed by atoms with Crippen molar-refractivity contribution in [2.75, 3.05) is 16.8 Å². The molecule has 8 heteroatoms. The minimum absolute atomic E-state index is 0.123. The molecule has 0 spiro atoms. The minimum atomic E-state index is -4.63. The molecule has 1 rings (SSSR count). The maximum absolute atomic E-state index is 13.0. The van der Waals surface area contributed by atoms with E-state index < -0.39 is 22.4 Å². The quantitative estimate of drug-likeness (QED) is 0.454. The summed E-state index contributed by atoms with van der Waals surface area (Å²) >= 11 is 1.71. The zero-order valence-corrected chi connectivity index (χ0v) is 12.6. The van der Waals surface area contributed by atoms with Crippen LogP contribution in [0.3, 0.4) is 0 Å². The Labute approximate surface area is 125 Å². The Kier molecular flexibility index (Phi) is 6.32. The van der Waals surface area contributed by atoms with Gasteiger partial charge in [0.05, 0.1) is 10.5 Å². The maximum Gasteiger partial charge on any atom is 0.418 e. The molecule has 0 aliphatic heterocycles. The molecule has 21 heavy (non-hydrogen) atoms. The lowest BCUT2D eigenvalue weighted by atomic mass is 10.1. The highest BCUT2D eigenvalue weighted by Crippen LogP contribution is 2.37. The fourth-order valence-electron chi connectivity index (χ4n) is 1.75. The lowest BCUT2D eigenvalue weighted by molar-refractivity contribution is -0.385. The van der Waals surface area contributed by atoms with Crippen LogP contribution in [0.1, 0.15) is 25.8 Å². The number of rotatable bonds is 7. The van der Waals surface area contributed by atoms with E-state index in [1.807, 2.05) is 6.92 Å². The van der Waals surface area contributed by atoms with Crippen molar-refractivity contribution < 1.29 is 18.1 Å². The first-order valence-corrected chi connectivity index (χ1v) is 7.61. The van der Waals surface area contributed by atoms with Crippen LogP contribution in [0.25, 0.3) is 0 Å². The number of hydrogen-bond donors (Lipinski definition) is 1. The zero-order valence-electron chi connectivity index (χ0n) is 11.7. The van der Waals surface area contributed by atoms with E-state index in [-0.39, 0.29) is 11.7 Å². The summed E-state index contributed by atoms with van der Waals surface area (Å²) in [5.41, 5.74) is -1.70. The molecule has 1 atom stereocenters. The fraction of sp³-hybridized carbons (Fsp3) is 0.538. The molecular formula is C13H17F3N2O2S. The molecule has 1 aromatic rings. The number of nitrogens with zero attached hydrogens (tertiary/aromatic N) is 1. The van der Waals surface area contributed by atoms with Gasteiger partial charge in [-0.1, -0.05) is 6.92 Å². The van der Waals surface area contributed by atoms with E-state index in [0.717, 1.165) is 23.6 Å². The Bertz CT molecular complexity index is 495. The number of nitro groups is 1. The molecule has 0 radical (unpaired) electrons. The first-order chi connectivity index (χ1) is 9.75. The summed E-state index contributed by atoms with van der Waals surface area (Å²) < 4.78 is 38.9. The van der Waals surface area contributed by atoms with Crippen LogP contribution in [0.15, 0.2) is 18.2 Å². The SMILES string of the molecule is CCSCCC(C)Nc1ccc([N+](=O)[O-])cc1C(F)(F)F. The van der Waals surface area contributed by atoms with Crippen LogP contribution in [-0.2, 0) is 6.18 Å². The van der Waals surface area contributed by atoms with Gasteiger partial charge in [0.2, 0.25) is 0 Å². The molecule has 0 fully saturated rings. The van der Waals surface area contributed by atoms with Crippen LogP contribution in [0.5, 0.6) is 0 Å². The van der Waals surface area contributed by atoms with E-state index in [4.69, 9.17) is 0 Å². The summed E-state index contributed by atoms with van der Waals surface area (Å²) in [6, 6.07) is 2.61. The van der Waals surface area contributed by atoms with E-state index in [0.29, 0.717) is 12.5 Å². The molecule has 118 valence electrons. The highest BCUT2D eigenvalue weighted by Gasteiger charge is 2.35. The van der Waals surface area contributed by atoms with Crippen LogP contribution < -0.4 is 5.32 Å². The van der Waals surface area contributed by atoms with Crippen LogP contribution in [-0.4, -0.2) is 22.5 Å². The lowest BCUT2D eigenvalue weighted by Gasteiger charge is -2.19. The highest BCUT2D eigenvalue weighted by atomic mass is 32.2. The monoisotopic (exact) mass is 322 g/mol. The van der Waals surface area contributed by atoms with Gasteiger partial charge in [0.1, 0.15) is 0 Å². The van der Waals surface area contributed by atoms with Crippen molar-refractivity contribution in [1.82, 2.24) is 0 Å². The number of anilines is 1. The number of alkyl halides is 3. The van der Waals surface area contributed by atoms with E-state index in [2.05, 4.69) is 5.32 Å². The largest absolute Gasteiger partial charge is 0.418 e. The molecule has 0 saturated heterocycles. The second kappa shape index (κ2) is 7.53. The van der Waals surface area contributed by atoms with E-state index in [1.54, 1.807) is 18.7 Å². The second-order valence-corrected chi connectivity index (χ2v) is 5.91. The topological polar surface area (TPSA) is 55.2 Å². The minimum Gasteiger partial charge on any atom is -0.382 e. The van der Waals surface area contributed by atoms with Crippen molar-refractivity contribution in [2.45, 2.75) is 32.5 Å². The Balaban J connectivity index is 2.93. The summed E-state index contributed by atoms with van der Waals surface area (Å²) in [6.45, 7) is 3.80. The van der Waals surface area contributed by atoms with Crippen LogP contribution in [0.2, 0.25) is 0 Å². The Morgan fingerprint density at radius 3 is 2.62 bits per heavy atom. The van der Waals surface area contributed by atoms with Gasteiger partial charge in [-0.2, -0.15) is 24.9 Å². The molecule has 0 amide bonds. The summed E-state index contributed by atoms with van der Waals surface area (Å²) in [6.07, 6.45) is -3.92. The Hall–Kier alpha value is -1.44. The third kappa shape index (κ3) is 5.45. The average molecular weight is 322 g/mol. The van der Waals surface area contributed by atoms with Gasteiger partial charge in [0.25, 0.3) is 5.69 Å². The third-order valence-electron chi connectivity index (χ3n) is 2.82. The molecule has 0 heterocycles. The van der Waals surface area contributed by atoms with Gasteiger partial charge in [-0.05, 0) is 30.9 Å². The zero-order chi connectivity index (χ0) is 16.0. The molecule has 4 nitrogen and oxygen atoms in total. The van der Waals surface area contributed by atoms with Gasteiger partial charge in [0.15, 0.2) is 0 Å². The van der Waals surface area contributed by atoms with Gasteiger partial charge in [-0.15, -0.1) is 0 Å². The molecule has 0 aliphatic rings. The molecular weight excluding hydrogens is 305 g/mol. The van der Waals surface area contributed by atoms with Gasteiger partial charge >= 0.3 is 6.18 Å². The number of nitro benzene ring substituents is 1. The van der Waals surface area contributed by atoms with E-state index in [9.17, 15) is 23.3 Å². The molecule has 1 N–H and O–H groups in total. The third-order valence-corrected chi connectivity index (χ3v) is 3.75. The molecule has 0 saturated carbocycles. The predicted octanol–water partition coefficient (Wildman–Crippen LogP) is 4.56. The van der Waals surface area contributed by atoms with Crippen molar-refractivity contribution in [2.24, 2.45) is 0 Å². The summed E-state index contributed by atoms with van der Waals surface area (Å²) in [5.74, 6) is 1.80. The van der Waals surface area contributed by atoms with Gasteiger partial charge in [-0.25, -0.2) is 0 Å². The van der Waals surface area contributed by atoms with Gasteiger partial charge in [-0.3, -0.25) is 10.1 Å². The van der Waals surface area contributed by atoms with Crippen molar-refractivity contribution in [3.63, 3.8) is 0 Å². The van der Waals surface area contributed by atoms with Gasteiger partial charge in [0, 0.05) is 23.9 Å². The molecule has 0 aromatic heterocycles. The summed E-state index contributed by atoms with van der Waals surface area (Å²) in [7, 11) is 0. The average Bonchev–Trinajstić information content (AvgIpc) is 2.37. The van der Waals surface area contributed by atoms with Crippen LogP contribution in [0, 0.1) is 10.1 Å². The van der Waals surface area contributed by atoms with Crippen molar-refractivity contribution in [3.05, 3.63) is 33.9 Å². The van der Waals surface area contributed by atoms with Crippen LogP contribution in [0.4, 0.5) is 24.5 Å². The number of hydrogen-bond acceptors (Lipinski definition) is 4. The summed E-state index contributed by atoms with van der Waals surface area (Å²) in [4.78, 5) is 9.77. The van der Waals surface area contributed by atoms with Gasteiger partial charge < -0.3 is 5.32 Å². The number of halogens is 3. The van der Waals surface area contributed by atoms with Crippen molar-refractivity contribution >= 4 is 23.1 Å². The van der Waals surface area contributed by atoms with E-state index in [1.165, 1.54) is 0 Å². The van der Waals surface area contributed by atoms with Crippen LogP contribution >= 0.6 is 11.8 Å². The Morgan fingerprint density at radius 2 is 2.10 bits per heavy atom. The van der Waals surface area contributed by atoms with Crippen molar-refractivity contribution in [3.8, 4) is 0 Å². The molecule has 1 aromatic carbocycles. The fourth-order valence-corrected chi connectivity index (χ4v) is 2.56. The second-order valence-electron chi connectivity index (χ2n) is 4.52. The highest BCUT2D eigenvalue weighted by molar-refractivity contribution is 7.99. The molecule has 0 aliphatic carbocycles. The number of non-ortho nitro benzene ring substituents is 1. The number of thioether (sulfide) groups is 1. The standard InChI is InChI=1S/C13H17F3N2O2S/c1-3-21-7-6-9(2)17-12-5-4-10(18(19)20)8-11(12)13(14,15)16/h4-5,8-9,17H,3,6-7H2,1-2H3. The number of nitrogens with one attached hydrogen (secondary N) is 1. The molecule has 0 bridgehead atoms. The predicted molar refractivity (Wildman–Crippen MR) is 78.8 cm³/mol.